The van der Waals surface area contributed by atoms with Crippen molar-refractivity contribution in [2.75, 3.05) is 39.0 Å². The highest BCUT2D eigenvalue weighted by molar-refractivity contribution is 6.33. The first-order chi connectivity index (χ1) is 12.5. The molecule has 1 aliphatic heterocycles. The molecule has 7 heteroatoms. The van der Waals surface area contributed by atoms with Crippen molar-refractivity contribution in [2.45, 2.75) is 0 Å². The van der Waals surface area contributed by atoms with E-state index in [0.29, 0.717) is 53.8 Å². The maximum atomic E-state index is 12.8. The summed E-state index contributed by atoms with van der Waals surface area (Å²) >= 11 is 6.05. The molecule has 0 aromatic heterocycles. The van der Waals surface area contributed by atoms with E-state index in [1.165, 1.54) is 13.2 Å². The Balaban J connectivity index is 1.69. The number of nitrogens with two attached hydrogens (primary N) is 1. The molecule has 6 nitrogen and oxygen atoms in total. The molecule has 1 fully saturated rings. The minimum Gasteiger partial charge on any atom is -0.496 e. The SMILES string of the molecule is COc1cc(N)c(Cl)cc1C(=O)N1CCN(C(=O)c2ccccc2)CC1. The van der Waals surface area contributed by atoms with Crippen LogP contribution in [0.3, 0.4) is 0 Å². The average Bonchev–Trinajstić information content (AvgIpc) is 2.69. The third-order valence-electron chi connectivity index (χ3n) is 4.42. The van der Waals surface area contributed by atoms with Gasteiger partial charge in [0.05, 0.1) is 23.4 Å². The zero-order valence-electron chi connectivity index (χ0n) is 14.4. The minimum atomic E-state index is -0.185. The number of halogens is 1. The van der Waals surface area contributed by atoms with Crippen molar-refractivity contribution in [3.05, 3.63) is 58.6 Å². The number of nitrogens with zero attached hydrogens (tertiary/aromatic N) is 2. The van der Waals surface area contributed by atoms with Gasteiger partial charge in [-0.05, 0) is 18.2 Å². The molecular formula is C19H20ClN3O3. The number of amides is 2. The molecule has 2 N–H and O–H groups in total. The van der Waals surface area contributed by atoms with Crippen molar-refractivity contribution in [2.24, 2.45) is 0 Å². The van der Waals surface area contributed by atoms with Gasteiger partial charge in [0.25, 0.3) is 11.8 Å². The molecule has 0 spiro atoms. The monoisotopic (exact) mass is 373 g/mol. The summed E-state index contributed by atoms with van der Waals surface area (Å²) in [7, 11) is 1.48. The Labute approximate surface area is 157 Å². The molecule has 0 unspecified atom stereocenters. The highest BCUT2D eigenvalue weighted by atomic mass is 35.5. The molecule has 1 aliphatic rings. The second-order valence-corrected chi connectivity index (χ2v) is 6.43. The molecule has 3 rings (SSSR count). The molecule has 1 heterocycles. The van der Waals surface area contributed by atoms with Crippen molar-refractivity contribution in [1.29, 1.82) is 0 Å². The molecule has 0 aliphatic carbocycles. The zero-order valence-corrected chi connectivity index (χ0v) is 15.2. The molecule has 1 saturated heterocycles. The van der Waals surface area contributed by atoms with E-state index in [0.717, 1.165) is 0 Å². The van der Waals surface area contributed by atoms with Gasteiger partial charge in [-0.25, -0.2) is 0 Å². The first kappa shape index (κ1) is 18.1. The molecule has 136 valence electrons. The largest absolute Gasteiger partial charge is 0.496 e. The number of hydrogen-bond acceptors (Lipinski definition) is 4. The number of carbonyl (C=O) groups is 2. The molecule has 2 aromatic carbocycles. The van der Waals surface area contributed by atoms with E-state index < -0.39 is 0 Å². The molecule has 26 heavy (non-hydrogen) atoms. The number of anilines is 1. The Bertz CT molecular complexity index is 818. The molecule has 2 aromatic rings. The van der Waals surface area contributed by atoms with E-state index >= 15 is 0 Å². The number of piperazine rings is 1. The van der Waals surface area contributed by atoms with Crippen LogP contribution in [0.4, 0.5) is 5.69 Å². The van der Waals surface area contributed by atoms with Crippen molar-refractivity contribution in [1.82, 2.24) is 9.80 Å². The standard InChI is InChI=1S/C19H20ClN3O3/c1-26-17-12-16(21)15(20)11-14(17)19(25)23-9-7-22(8-10-23)18(24)13-5-3-2-4-6-13/h2-6,11-12H,7-10,21H2,1H3. The van der Waals surface area contributed by atoms with Crippen LogP contribution in [0.25, 0.3) is 0 Å². The van der Waals surface area contributed by atoms with Crippen LogP contribution in [0.5, 0.6) is 5.75 Å². The van der Waals surface area contributed by atoms with Gasteiger partial charge in [0.2, 0.25) is 0 Å². The lowest BCUT2D eigenvalue weighted by Gasteiger charge is -2.35. The van der Waals surface area contributed by atoms with E-state index in [-0.39, 0.29) is 11.8 Å². The highest BCUT2D eigenvalue weighted by Crippen LogP contribution is 2.30. The fourth-order valence-corrected chi connectivity index (χ4v) is 3.12. The first-order valence-corrected chi connectivity index (χ1v) is 8.65. The summed E-state index contributed by atoms with van der Waals surface area (Å²) in [5, 5.41) is 0.312. The summed E-state index contributed by atoms with van der Waals surface area (Å²) < 4.78 is 5.26. The smallest absolute Gasteiger partial charge is 0.257 e. The van der Waals surface area contributed by atoms with Gasteiger partial charge in [-0.3, -0.25) is 9.59 Å². The summed E-state index contributed by atoms with van der Waals surface area (Å²) in [6, 6.07) is 12.2. The highest BCUT2D eigenvalue weighted by Gasteiger charge is 2.27. The summed E-state index contributed by atoms with van der Waals surface area (Å²) in [5.41, 5.74) is 7.15. The van der Waals surface area contributed by atoms with Crippen molar-refractivity contribution in [3.8, 4) is 5.75 Å². The van der Waals surface area contributed by atoms with E-state index in [4.69, 9.17) is 22.1 Å². The van der Waals surface area contributed by atoms with Crippen LogP contribution in [0.2, 0.25) is 5.02 Å². The molecule has 0 saturated carbocycles. The third-order valence-corrected chi connectivity index (χ3v) is 4.75. The number of nitrogen functional groups attached to an aromatic ring is 1. The van der Waals surface area contributed by atoms with E-state index in [1.54, 1.807) is 28.0 Å². The Morgan fingerprint density at radius 3 is 2.15 bits per heavy atom. The van der Waals surface area contributed by atoms with Crippen LogP contribution < -0.4 is 10.5 Å². The van der Waals surface area contributed by atoms with Gasteiger partial charge in [0, 0.05) is 37.8 Å². The maximum absolute atomic E-state index is 12.8. The predicted molar refractivity (Wildman–Crippen MR) is 101 cm³/mol. The molecule has 0 radical (unpaired) electrons. The predicted octanol–water partition coefficient (Wildman–Crippen LogP) is 2.53. The number of benzene rings is 2. The molecule has 2 amide bonds. The van der Waals surface area contributed by atoms with Crippen molar-refractivity contribution in [3.63, 3.8) is 0 Å². The van der Waals surface area contributed by atoms with Crippen LogP contribution in [0.15, 0.2) is 42.5 Å². The summed E-state index contributed by atoms with van der Waals surface area (Å²) in [6.07, 6.45) is 0. The Morgan fingerprint density at radius 2 is 1.58 bits per heavy atom. The van der Waals surface area contributed by atoms with E-state index in [2.05, 4.69) is 0 Å². The summed E-state index contributed by atoms with van der Waals surface area (Å²) in [6.45, 7) is 1.85. The van der Waals surface area contributed by atoms with Crippen molar-refractivity contribution < 1.29 is 14.3 Å². The number of methoxy groups -OCH3 is 1. The third kappa shape index (κ3) is 3.60. The maximum Gasteiger partial charge on any atom is 0.257 e. The van der Waals surface area contributed by atoms with Gasteiger partial charge < -0.3 is 20.3 Å². The average molecular weight is 374 g/mol. The Kier molecular flexibility index (Phi) is 5.32. The van der Waals surface area contributed by atoms with Gasteiger partial charge >= 0.3 is 0 Å². The van der Waals surface area contributed by atoms with Gasteiger partial charge in [-0.15, -0.1) is 0 Å². The molecular weight excluding hydrogens is 354 g/mol. The first-order valence-electron chi connectivity index (χ1n) is 8.28. The number of rotatable bonds is 3. The van der Waals surface area contributed by atoms with Gasteiger partial charge in [0.1, 0.15) is 5.75 Å². The Morgan fingerprint density at radius 1 is 1.00 bits per heavy atom. The van der Waals surface area contributed by atoms with Crippen LogP contribution in [0, 0.1) is 0 Å². The van der Waals surface area contributed by atoms with Gasteiger partial charge in [0.15, 0.2) is 0 Å². The Hall–Kier alpha value is -2.73. The summed E-state index contributed by atoms with van der Waals surface area (Å²) in [4.78, 5) is 28.8. The number of ether oxygens (including phenoxy) is 1. The summed E-state index contributed by atoms with van der Waals surface area (Å²) in [5.74, 6) is 0.182. The number of carbonyl (C=O) groups excluding carboxylic acids is 2. The van der Waals surface area contributed by atoms with Crippen LogP contribution in [0.1, 0.15) is 20.7 Å². The lowest BCUT2D eigenvalue weighted by molar-refractivity contribution is 0.0533. The van der Waals surface area contributed by atoms with Crippen LogP contribution in [-0.2, 0) is 0 Å². The van der Waals surface area contributed by atoms with E-state index in [1.807, 2.05) is 18.2 Å². The lowest BCUT2D eigenvalue weighted by Crippen LogP contribution is -2.50. The van der Waals surface area contributed by atoms with Gasteiger partial charge in [-0.2, -0.15) is 0 Å². The second kappa shape index (κ2) is 7.66. The second-order valence-electron chi connectivity index (χ2n) is 6.02. The normalized spacial score (nSPS) is 14.2. The van der Waals surface area contributed by atoms with Crippen molar-refractivity contribution >= 4 is 29.1 Å². The molecule has 0 atom stereocenters. The van der Waals surface area contributed by atoms with Crippen LogP contribution >= 0.6 is 11.6 Å². The molecule has 0 bridgehead atoms. The van der Waals surface area contributed by atoms with Crippen LogP contribution in [-0.4, -0.2) is 54.9 Å². The van der Waals surface area contributed by atoms with E-state index in [9.17, 15) is 9.59 Å². The lowest BCUT2D eigenvalue weighted by atomic mass is 10.1. The minimum absolute atomic E-state index is 0.0224. The fourth-order valence-electron chi connectivity index (χ4n) is 2.95. The van der Waals surface area contributed by atoms with Gasteiger partial charge in [-0.1, -0.05) is 29.8 Å². The fraction of sp³-hybridized carbons (Fsp3) is 0.263. The quantitative estimate of drug-likeness (QED) is 0.839. The number of hydrogen-bond donors (Lipinski definition) is 1. The topological polar surface area (TPSA) is 75.9 Å². The zero-order chi connectivity index (χ0) is 18.7.